The number of hydrogen-bond acceptors (Lipinski definition) is 2. The number of para-hydroxylation sites is 1. The molecule has 0 aliphatic carbocycles. The monoisotopic (exact) mass is 290 g/mol. The maximum Gasteiger partial charge on any atom is 0.511 e. The SMILES string of the molecule is O=C(O)Oc1ccccc1-c1ccccc1-c1ccccc1. The summed E-state index contributed by atoms with van der Waals surface area (Å²) in [5.74, 6) is 0.332. The number of hydrogen-bond donors (Lipinski definition) is 1. The first-order valence-corrected chi connectivity index (χ1v) is 6.90. The molecule has 0 amide bonds. The van der Waals surface area contributed by atoms with E-state index in [1.165, 1.54) is 0 Å². The van der Waals surface area contributed by atoms with Gasteiger partial charge in [-0.3, -0.25) is 0 Å². The molecule has 3 rings (SSSR count). The molecular formula is C19H14O3. The molecule has 0 radical (unpaired) electrons. The summed E-state index contributed by atoms with van der Waals surface area (Å²) in [5.41, 5.74) is 3.79. The van der Waals surface area contributed by atoms with Crippen LogP contribution in [-0.2, 0) is 0 Å². The van der Waals surface area contributed by atoms with Crippen molar-refractivity contribution in [3.05, 3.63) is 78.9 Å². The van der Waals surface area contributed by atoms with Crippen LogP contribution in [0.25, 0.3) is 22.3 Å². The van der Waals surface area contributed by atoms with Gasteiger partial charge in [-0.1, -0.05) is 72.8 Å². The first-order valence-electron chi connectivity index (χ1n) is 6.90. The summed E-state index contributed by atoms with van der Waals surface area (Å²) >= 11 is 0. The van der Waals surface area contributed by atoms with Gasteiger partial charge < -0.3 is 9.84 Å². The Hall–Kier alpha value is -3.07. The van der Waals surface area contributed by atoms with Crippen molar-refractivity contribution in [3.8, 4) is 28.0 Å². The Labute approximate surface area is 128 Å². The Balaban J connectivity index is 2.16. The van der Waals surface area contributed by atoms with E-state index in [-0.39, 0.29) is 0 Å². The summed E-state index contributed by atoms with van der Waals surface area (Å²) in [4.78, 5) is 10.9. The highest BCUT2D eigenvalue weighted by atomic mass is 16.7. The summed E-state index contributed by atoms with van der Waals surface area (Å²) in [6.45, 7) is 0. The minimum atomic E-state index is -1.32. The van der Waals surface area contributed by atoms with E-state index in [4.69, 9.17) is 9.84 Å². The summed E-state index contributed by atoms with van der Waals surface area (Å²) in [5, 5.41) is 8.90. The van der Waals surface area contributed by atoms with E-state index < -0.39 is 6.16 Å². The minimum absolute atomic E-state index is 0.332. The largest absolute Gasteiger partial charge is 0.511 e. The van der Waals surface area contributed by atoms with Crippen molar-refractivity contribution < 1.29 is 14.6 Å². The Kier molecular flexibility index (Phi) is 3.88. The molecule has 0 unspecified atom stereocenters. The molecule has 108 valence electrons. The van der Waals surface area contributed by atoms with Gasteiger partial charge in [0.15, 0.2) is 0 Å². The summed E-state index contributed by atoms with van der Waals surface area (Å²) in [6, 6.07) is 25.0. The van der Waals surface area contributed by atoms with Gasteiger partial charge in [-0.05, 0) is 22.8 Å². The smallest absolute Gasteiger partial charge is 0.449 e. The molecule has 0 aliphatic rings. The van der Waals surface area contributed by atoms with Crippen molar-refractivity contribution in [2.75, 3.05) is 0 Å². The molecule has 1 N–H and O–H groups in total. The Morgan fingerprint density at radius 1 is 0.682 bits per heavy atom. The average molecular weight is 290 g/mol. The first kappa shape index (κ1) is 13.9. The van der Waals surface area contributed by atoms with Crippen LogP contribution in [0.15, 0.2) is 78.9 Å². The molecule has 3 heteroatoms. The normalized spacial score (nSPS) is 10.2. The van der Waals surface area contributed by atoms with Gasteiger partial charge in [0.1, 0.15) is 5.75 Å². The molecule has 0 bridgehead atoms. The Morgan fingerprint density at radius 3 is 1.91 bits per heavy atom. The fraction of sp³-hybridized carbons (Fsp3) is 0. The quantitative estimate of drug-likeness (QED) is 0.540. The van der Waals surface area contributed by atoms with Crippen LogP contribution in [0, 0.1) is 0 Å². The summed E-state index contributed by atoms with van der Waals surface area (Å²) in [7, 11) is 0. The van der Waals surface area contributed by atoms with Gasteiger partial charge >= 0.3 is 6.16 Å². The maximum atomic E-state index is 10.9. The summed E-state index contributed by atoms with van der Waals surface area (Å²) in [6.07, 6.45) is -1.32. The van der Waals surface area contributed by atoms with Crippen LogP contribution in [0.4, 0.5) is 4.79 Å². The van der Waals surface area contributed by atoms with E-state index in [0.29, 0.717) is 5.75 Å². The lowest BCUT2D eigenvalue weighted by atomic mass is 9.94. The molecule has 0 spiro atoms. The second kappa shape index (κ2) is 6.14. The van der Waals surface area contributed by atoms with Crippen molar-refractivity contribution in [2.45, 2.75) is 0 Å². The van der Waals surface area contributed by atoms with Gasteiger partial charge in [0.05, 0.1) is 0 Å². The summed E-state index contributed by atoms with van der Waals surface area (Å²) < 4.78 is 4.91. The highest BCUT2D eigenvalue weighted by Crippen LogP contribution is 2.37. The zero-order valence-electron chi connectivity index (χ0n) is 11.8. The number of benzene rings is 3. The number of rotatable bonds is 3. The second-order valence-corrected chi connectivity index (χ2v) is 4.78. The van der Waals surface area contributed by atoms with Crippen molar-refractivity contribution >= 4 is 6.16 Å². The second-order valence-electron chi connectivity index (χ2n) is 4.78. The van der Waals surface area contributed by atoms with Crippen LogP contribution in [0.2, 0.25) is 0 Å². The third kappa shape index (κ3) is 2.83. The standard InChI is InChI=1S/C19H14O3/c20-19(21)22-18-13-7-6-12-17(18)16-11-5-4-10-15(16)14-8-2-1-3-9-14/h1-13H,(H,20,21). The Morgan fingerprint density at radius 2 is 1.23 bits per heavy atom. The van der Waals surface area contributed by atoms with Crippen LogP contribution in [-0.4, -0.2) is 11.3 Å². The van der Waals surface area contributed by atoms with E-state index in [0.717, 1.165) is 22.3 Å². The lowest BCUT2D eigenvalue weighted by molar-refractivity contribution is 0.144. The Bertz CT molecular complexity index is 795. The van der Waals surface area contributed by atoms with Crippen molar-refractivity contribution in [2.24, 2.45) is 0 Å². The third-order valence-corrected chi connectivity index (χ3v) is 3.39. The van der Waals surface area contributed by atoms with Gasteiger partial charge in [0.2, 0.25) is 0 Å². The fourth-order valence-corrected chi connectivity index (χ4v) is 2.46. The molecule has 0 fully saturated rings. The van der Waals surface area contributed by atoms with E-state index in [2.05, 4.69) is 0 Å². The molecule has 3 nitrogen and oxygen atoms in total. The van der Waals surface area contributed by atoms with Crippen LogP contribution in [0.1, 0.15) is 0 Å². The van der Waals surface area contributed by atoms with E-state index in [9.17, 15) is 4.79 Å². The highest BCUT2D eigenvalue weighted by molar-refractivity contribution is 5.86. The van der Waals surface area contributed by atoms with Gasteiger partial charge in [0, 0.05) is 5.56 Å². The molecule has 0 saturated heterocycles. The molecule has 3 aromatic carbocycles. The van der Waals surface area contributed by atoms with Crippen LogP contribution >= 0.6 is 0 Å². The van der Waals surface area contributed by atoms with Crippen LogP contribution in [0.5, 0.6) is 5.75 Å². The molecule has 3 aromatic rings. The molecule has 0 atom stereocenters. The third-order valence-electron chi connectivity index (χ3n) is 3.39. The van der Waals surface area contributed by atoms with Crippen LogP contribution in [0.3, 0.4) is 0 Å². The van der Waals surface area contributed by atoms with E-state index in [1.54, 1.807) is 12.1 Å². The zero-order chi connectivity index (χ0) is 15.4. The number of carboxylic acid groups (broad SMARTS) is 1. The number of carbonyl (C=O) groups is 1. The van der Waals surface area contributed by atoms with Gasteiger partial charge in [-0.25, -0.2) is 4.79 Å². The molecule has 0 aromatic heterocycles. The van der Waals surface area contributed by atoms with Gasteiger partial charge in [-0.15, -0.1) is 0 Å². The average Bonchev–Trinajstić information content (AvgIpc) is 2.56. The maximum absolute atomic E-state index is 10.9. The first-order chi connectivity index (χ1) is 10.8. The number of ether oxygens (including phenoxy) is 1. The van der Waals surface area contributed by atoms with Gasteiger partial charge in [-0.2, -0.15) is 0 Å². The van der Waals surface area contributed by atoms with E-state index in [1.807, 2.05) is 66.7 Å². The molecule has 22 heavy (non-hydrogen) atoms. The highest BCUT2D eigenvalue weighted by Gasteiger charge is 2.13. The predicted octanol–water partition coefficient (Wildman–Crippen LogP) is 5.08. The van der Waals surface area contributed by atoms with Crippen molar-refractivity contribution in [1.82, 2.24) is 0 Å². The molecular weight excluding hydrogens is 276 g/mol. The topological polar surface area (TPSA) is 46.5 Å². The van der Waals surface area contributed by atoms with Crippen LogP contribution < -0.4 is 4.74 Å². The lowest BCUT2D eigenvalue weighted by Gasteiger charge is -2.13. The lowest BCUT2D eigenvalue weighted by Crippen LogP contribution is -2.04. The fourth-order valence-electron chi connectivity index (χ4n) is 2.46. The predicted molar refractivity (Wildman–Crippen MR) is 86.0 cm³/mol. The zero-order valence-corrected chi connectivity index (χ0v) is 11.8. The van der Waals surface area contributed by atoms with Crippen molar-refractivity contribution in [1.29, 1.82) is 0 Å². The molecule has 0 saturated carbocycles. The van der Waals surface area contributed by atoms with Crippen molar-refractivity contribution in [3.63, 3.8) is 0 Å². The van der Waals surface area contributed by atoms with E-state index >= 15 is 0 Å². The molecule has 0 heterocycles. The minimum Gasteiger partial charge on any atom is -0.449 e. The molecule has 0 aliphatic heterocycles. The van der Waals surface area contributed by atoms with Gasteiger partial charge in [0.25, 0.3) is 0 Å².